The van der Waals surface area contributed by atoms with E-state index in [1.165, 1.54) is 14.2 Å². The lowest BCUT2D eigenvalue weighted by Crippen LogP contribution is -3.00. The quantitative estimate of drug-likeness (QED) is 0.172. The summed E-state index contributed by atoms with van der Waals surface area (Å²) in [5, 5.41) is 0. The lowest BCUT2D eigenvalue weighted by atomic mass is 10.6. The summed E-state index contributed by atoms with van der Waals surface area (Å²) in [4.78, 5) is 25.6. The number of nitrogens with zero attached hydrogens (tertiary/aromatic N) is 1. The molecule has 0 bridgehead atoms. The molecule has 7 heteroatoms. The first-order chi connectivity index (χ1) is 7.03. The number of esters is 1. The van der Waals surface area contributed by atoms with Crippen molar-refractivity contribution >= 4 is 5.97 Å². The van der Waals surface area contributed by atoms with Crippen LogP contribution < -0.4 is 12.4 Å². The fourth-order valence-electron chi connectivity index (χ4n) is 0.953. The minimum absolute atomic E-state index is 0. The van der Waals surface area contributed by atoms with Gasteiger partial charge in [-0.2, -0.15) is 0 Å². The van der Waals surface area contributed by atoms with Crippen molar-refractivity contribution in [2.24, 2.45) is 0 Å². The highest BCUT2D eigenvalue weighted by molar-refractivity contribution is 5.81. The van der Waals surface area contributed by atoms with E-state index in [0.717, 1.165) is 6.08 Å². The first-order valence-electron chi connectivity index (χ1n) is 4.54. The summed E-state index contributed by atoms with van der Waals surface area (Å²) in [5.41, 5.74) is 0. The van der Waals surface area contributed by atoms with Gasteiger partial charge >= 0.3 is 5.97 Å². The molecule has 0 saturated carbocycles. The monoisotopic (exact) mass is 255 g/mol. The molecule has 6 nitrogen and oxygen atoms in total. The van der Waals surface area contributed by atoms with E-state index in [1.807, 2.05) is 0 Å². The van der Waals surface area contributed by atoms with Gasteiger partial charge in [0.05, 0.1) is 4.97 Å². The van der Waals surface area contributed by atoms with E-state index in [1.54, 1.807) is 13.8 Å². The van der Waals surface area contributed by atoms with E-state index in [2.05, 4.69) is 6.58 Å². The van der Waals surface area contributed by atoms with E-state index in [0.29, 0.717) is 6.54 Å². The molecule has 0 fully saturated rings. The van der Waals surface area contributed by atoms with Crippen LogP contribution in [0.3, 0.4) is 0 Å². The van der Waals surface area contributed by atoms with Crippen LogP contribution in [-0.4, -0.2) is 38.0 Å². The van der Waals surface area contributed by atoms with Gasteiger partial charge in [0.25, 0.3) is 6.29 Å². The highest BCUT2D eigenvalue weighted by Gasteiger charge is 2.33. The number of halogens is 1. The first-order valence-corrected chi connectivity index (χ1v) is 4.54. The number of ether oxygens (including phenoxy) is 1. The van der Waals surface area contributed by atoms with Crippen LogP contribution in [0.1, 0.15) is 13.8 Å². The van der Waals surface area contributed by atoms with Crippen molar-refractivity contribution in [1.29, 1.82) is 0 Å². The Hall–Kier alpha value is -0.660. The van der Waals surface area contributed by atoms with Crippen LogP contribution in [-0.2, 0) is 24.0 Å². The molecule has 96 valence electrons. The highest BCUT2D eigenvalue weighted by atomic mass is 35.5. The summed E-state index contributed by atoms with van der Waals surface area (Å²) in [7, 11) is 2.85. The van der Waals surface area contributed by atoms with Gasteiger partial charge in [0, 0.05) is 13.0 Å². The maximum Gasteiger partial charge on any atom is 0.332 e. The predicted molar refractivity (Wildman–Crippen MR) is 51.7 cm³/mol. The maximum absolute atomic E-state index is 10.9. The third kappa shape index (κ3) is 5.43. The number of hydrogen-bond acceptors (Lipinski definition) is 5. The zero-order chi connectivity index (χ0) is 11.9. The highest BCUT2D eigenvalue weighted by Crippen LogP contribution is 2.12. The molecule has 0 spiro atoms. The van der Waals surface area contributed by atoms with E-state index in [4.69, 9.17) is 19.2 Å². The molecule has 1 unspecified atom stereocenters. The Balaban J connectivity index is 0. The molecule has 0 heterocycles. The largest absolute Gasteiger partial charge is 1.00 e. The van der Waals surface area contributed by atoms with Crippen LogP contribution in [0, 0.1) is 0 Å². The van der Waals surface area contributed by atoms with Gasteiger partial charge in [-0.05, 0) is 6.92 Å². The summed E-state index contributed by atoms with van der Waals surface area (Å²) in [6.45, 7) is 7.04. The Morgan fingerprint density at radius 1 is 1.44 bits per heavy atom. The van der Waals surface area contributed by atoms with Gasteiger partial charge in [-0.25, -0.2) is 4.79 Å². The molecule has 0 aliphatic rings. The second kappa shape index (κ2) is 8.49. The minimum Gasteiger partial charge on any atom is -1.00 e. The van der Waals surface area contributed by atoms with Gasteiger partial charge in [0.2, 0.25) is 0 Å². The van der Waals surface area contributed by atoms with E-state index < -0.39 is 17.2 Å². The standard InChI is InChI=1S/C9H18NO5.ClH/c1-6-9(11)14-8(3)15-10(7-2,12-4)13-5;/h6,8H,1,7H2,2-5H3;1H/q+1;/p-1. The Morgan fingerprint density at radius 2 is 1.94 bits per heavy atom. The van der Waals surface area contributed by atoms with Crippen molar-refractivity contribution in [3.63, 3.8) is 0 Å². The molecule has 0 aliphatic carbocycles. The van der Waals surface area contributed by atoms with Crippen molar-refractivity contribution in [3.8, 4) is 0 Å². The molecule has 0 aromatic carbocycles. The number of hydrogen-bond donors (Lipinski definition) is 0. The molecule has 0 radical (unpaired) electrons. The van der Waals surface area contributed by atoms with Crippen molar-refractivity contribution < 1.29 is 41.4 Å². The van der Waals surface area contributed by atoms with Gasteiger partial charge in [0.1, 0.15) is 14.2 Å². The Kier molecular flexibility index (Phi) is 9.40. The Morgan fingerprint density at radius 3 is 2.25 bits per heavy atom. The number of quaternary nitrogens is 1. The molecular weight excluding hydrogens is 238 g/mol. The van der Waals surface area contributed by atoms with Gasteiger partial charge in [-0.3, -0.25) is 0 Å². The second-order valence-corrected chi connectivity index (χ2v) is 2.61. The molecule has 16 heavy (non-hydrogen) atoms. The van der Waals surface area contributed by atoms with Crippen molar-refractivity contribution in [2.45, 2.75) is 20.1 Å². The average molecular weight is 256 g/mol. The maximum atomic E-state index is 10.9. The van der Waals surface area contributed by atoms with Crippen molar-refractivity contribution in [3.05, 3.63) is 12.7 Å². The molecule has 1 atom stereocenters. The topological polar surface area (TPSA) is 54.0 Å². The number of carbonyl (C=O) groups excluding carboxylic acids is 1. The lowest BCUT2D eigenvalue weighted by Gasteiger charge is -2.27. The fraction of sp³-hybridized carbons (Fsp3) is 0.667. The molecular formula is C9H18ClNO5. The number of hydroxylamine groups is 3. The fourth-order valence-corrected chi connectivity index (χ4v) is 0.953. The zero-order valence-electron chi connectivity index (χ0n) is 9.94. The second-order valence-electron chi connectivity index (χ2n) is 2.61. The van der Waals surface area contributed by atoms with Gasteiger partial charge < -0.3 is 17.1 Å². The van der Waals surface area contributed by atoms with Crippen LogP contribution in [0.15, 0.2) is 12.7 Å². The summed E-state index contributed by atoms with van der Waals surface area (Å²) in [6, 6.07) is 0. The molecule has 0 N–H and O–H groups in total. The molecule has 0 aliphatic heterocycles. The average Bonchev–Trinajstić information content (AvgIpc) is 2.26. The van der Waals surface area contributed by atoms with Crippen LogP contribution in [0.2, 0.25) is 0 Å². The predicted octanol–water partition coefficient (Wildman–Crippen LogP) is -2.04. The third-order valence-corrected chi connectivity index (χ3v) is 1.70. The Labute approximate surface area is 102 Å². The summed E-state index contributed by atoms with van der Waals surface area (Å²) in [5.74, 6) is -0.566. The summed E-state index contributed by atoms with van der Waals surface area (Å²) < 4.78 is 4.81. The Bertz CT molecular complexity index is 212. The lowest BCUT2D eigenvalue weighted by molar-refractivity contribution is -1.37. The van der Waals surface area contributed by atoms with Crippen LogP contribution in [0.25, 0.3) is 0 Å². The van der Waals surface area contributed by atoms with Crippen molar-refractivity contribution in [1.82, 2.24) is 0 Å². The minimum atomic E-state index is -0.796. The zero-order valence-corrected chi connectivity index (χ0v) is 10.7. The van der Waals surface area contributed by atoms with E-state index in [9.17, 15) is 4.79 Å². The molecule has 0 amide bonds. The first kappa shape index (κ1) is 17.7. The third-order valence-electron chi connectivity index (χ3n) is 1.70. The molecule has 0 saturated heterocycles. The molecule has 0 aromatic rings. The van der Waals surface area contributed by atoms with Crippen molar-refractivity contribution in [2.75, 3.05) is 20.8 Å². The van der Waals surface area contributed by atoms with E-state index in [-0.39, 0.29) is 12.4 Å². The normalized spacial score (nSPS) is 12.5. The summed E-state index contributed by atoms with van der Waals surface area (Å²) >= 11 is 0. The van der Waals surface area contributed by atoms with Gasteiger partial charge in [0.15, 0.2) is 6.54 Å². The van der Waals surface area contributed by atoms with Crippen LogP contribution in [0.5, 0.6) is 0 Å². The number of rotatable bonds is 7. The molecule has 0 aromatic heterocycles. The summed E-state index contributed by atoms with van der Waals surface area (Å²) in [6.07, 6.45) is 0.260. The van der Waals surface area contributed by atoms with Gasteiger partial charge in [-0.1, -0.05) is 11.4 Å². The van der Waals surface area contributed by atoms with Crippen LogP contribution >= 0.6 is 0 Å². The van der Waals surface area contributed by atoms with Crippen LogP contribution in [0.4, 0.5) is 0 Å². The SMILES string of the molecule is C=CC(=O)OC(C)O[N+](CC)(OC)OC.[Cl-]. The number of carbonyl (C=O) groups is 1. The van der Waals surface area contributed by atoms with Gasteiger partial charge in [-0.15, -0.1) is 9.68 Å². The van der Waals surface area contributed by atoms with E-state index >= 15 is 0 Å². The molecule has 0 rings (SSSR count). The smallest absolute Gasteiger partial charge is 0.332 e.